The average molecular weight is 263 g/mol. The molecule has 0 aromatic heterocycles. The molecule has 2 atom stereocenters. The van der Waals surface area contributed by atoms with E-state index in [0.717, 1.165) is 37.1 Å². The van der Waals surface area contributed by atoms with Gasteiger partial charge in [0.2, 0.25) is 0 Å². The summed E-state index contributed by atoms with van der Waals surface area (Å²) in [5.74, 6) is 1.11. The molecule has 0 amide bonds. The Hall–Kier alpha value is -1.06. The highest BCUT2D eigenvalue weighted by Gasteiger charge is 2.40. The maximum absolute atomic E-state index is 11.2. The number of aliphatic hydroxyl groups is 1. The van der Waals surface area contributed by atoms with Gasteiger partial charge in [-0.2, -0.15) is 0 Å². The number of nitrogens with zero attached hydrogens (tertiary/aromatic N) is 1. The van der Waals surface area contributed by atoms with Gasteiger partial charge in [-0.25, -0.2) is 0 Å². The van der Waals surface area contributed by atoms with E-state index in [-0.39, 0.29) is 0 Å². The third kappa shape index (κ3) is 3.10. The Kier molecular flexibility index (Phi) is 4.48. The second-order valence-corrected chi connectivity index (χ2v) is 5.86. The first-order chi connectivity index (χ1) is 9.06. The normalized spacial score (nSPS) is 27.5. The smallest absolute Gasteiger partial charge is 0.119 e. The van der Waals surface area contributed by atoms with Crippen LogP contribution in [0.4, 0.5) is 0 Å². The first kappa shape index (κ1) is 14.4. The summed E-state index contributed by atoms with van der Waals surface area (Å²) >= 11 is 0. The molecule has 1 aromatic carbocycles. The van der Waals surface area contributed by atoms with E-state index >= 15 is 0 Å². The van der Waals surface area contributed by atoms with Crippen LogP contribution in [0, 0.1) is 5.92 Å². The fraction of sp³-hybridized carbons (Fsp3) is 0.625. The van der Waals surface area contributed by atoms with E-state index in [9.17, 15) is 5.11 Å². The molecule has 3 nitrogen and oxygen atoms in total. The van der Waals surface area contributed by atoms with E-state index in [1.807, 2.05) is 24.3 Å². The van der Waals surface area contributed by atoms with Gasteiger partial charge < -0.3 is 14.7 Å². The number of methoxy groups -OCH3 is 1. The summed E-state index contributed by atoms with van der Waals surface area (Å²) in [5.41, 5.74) is 0.287. The highest BCUT2D eigenvalue weighted by molar-refractivity contribution is 5.33. The lowest BCUT2D eigenvalue weighted by atomic mass is 9.71. The number of hydrogen-bond donors (Lipinski definition) is 1. The molecule has 1 aliphatic carbocycles. The summed E-state index contributed by atoms with van der Waals surface area (Å²) in [6.07, 6.45) is 4.24. The van der Waals surface area contributed by atoms with E-state index in [4.69, 9.17) is 4.74 Å². The molecule has 0 saturated heterocycles. The highest BCUT2D eigenvalue weighted by atomic mass is 16.5. The van der Waals surface area contributed by atoms with Crippen LogP contribution in [0.2, 0.25) is 0 Å². The van der Waals surface area contributed by atoms with Gasteiger partial charge in [0, 0.05) is 12.5 Å². The largest absolute Gasteiger partial charge is 0.497 e. The lowest BCUT2D eigenvalue weighted by molar-refractivity contribution is -0.0619. The number of benzene rings is 1. The van der Waals surface area contributed by atoms with Crippen LogP contribution in [0.25, 0.3) is 0 Å². The molecule has 1 saturated carbocycles. The zero-order chi connectivity index (χ0) is 13.9. The van der Waals surface area contributed by atoms with Gasteiger partial charge in [-0.05, 0) is 44.6 Å². The molecule has 0 spiro atoms. The number of rotatable bonds is 4. The monoisotopic (exact) mass is 263 g/mol. The van der Waals surface area contributed by atoms with Crippen molar-refractivity contribution in [3.05, 3.63) is 29.8 Å². The van der Waals surface area contributed by atoms with Crippen LogP contribution in [0.5, 0.6) is 5.75 Å². The van der Waals surface area contributed by atoms with Gasteiger partial charge in [-0.3, -0.25) is 0 Å². The predicted molar refractivity (Wildman–Crippen MR) is 77.4 cm³/mol. The number of hydrogen-bond acceptors (Lipinski definition) is 3. The van der Waals surface area contributed by atoms with Crippen molar-refractivity contribution in [2.75, 3.05) is 27.7 Å². The van der Waals surface area contributed by atoms with Crippen molar-refractivity contribution in [1.29, 1.82) is 0 Å². The van der Waals surface area contributed by atoms with E-state index in [0.29, 0.717) is 5.92 Å². The van der Waals surface area contributed by atoms with Crippen LogP contribution in [-0.2, 0) is 5.60 Å². The molecular formula is C16H25NO2. The van der Waals surface area contributed by atoms with Gasteiger partial charge in [-0.1, -0.05) is 25.0 Å². The van der Waals surface area contributed by atoms with Crippen molar-refractivity contribution >= 4 is 0 Å². The van der Waals surface area contributed by atoms with E-state index in [2.05, 4.69) is 19.0 Å². The molecule has 1 aliphatic rings. The summed E-state index contributed by atoms with van der Waals surface area (Å²) in [6, 6.07) is 7.90. The SMILES string of the molecule is COc1cccc([C@]2(O)CCCCC2CN(C)C)c1. The van der Waals surface area contributed by atoms with Crippen molar-refractivity contribution in [3.63, 3.8) is 0 Å². The summed E-state index contributed by atoms with van der Waals surface area (Å²) < 4.78 is 5.29. The van der Waals surface area contributed by atoms with Gasteiger partial charge in [-0.15, -0.1) is 0 Å². The third-order valence-electron chi connectivity index (χ3n) is 4.19. The Bertz CT molecular complexity index is 419. The quantitative estimate of drug-likeness (QED) is 0.906. The van der Waals surface area contributed by atoms with Gasteiger partial charge in [0.25, 0.3) is 0 Å². The first-order valence-corrected chi connectivity index (χ1v) is 7.08. The molecule has 106 valence electrons. The molecule has 3 heteroatoms. The molecule has 1 fully saturated rings. The van der Waals surface area contributed by atoms with Crippen LogP contribution in [-0.4, -0.2) is 37.8 Å². The predicted octanol–water partition coefficient (Wildman–Crippen LogP) is 2.63. The van der Waals surface area contributed by atoms with E-state index in [1.165, 1.54) is 6.42 Å². The van der Waals surface area contributed by atoms with Crippen molar-refractivity contribution in [2.24, 2.45) is 5.92 Å². The van der Waals surface area contributed by atoms with E-state index in [1.54, 1.807) is 7.11 Å². The molecule has 1 aromatic rings. The van der Waals surface area contributed by atoms with Gasteiger partial charge in [0.1, 0.15) is 5.75 Å². The lowest BCUT2D eigenvalue weighted by Crippen LogP contribution is -2.43. The molecule has 2 rings (SSSR count). The first-order valence-electron chi connectivity index (χ1n) is 7.08. The average Bonchev–Trinajstić information content (AvgIpc) is 2.41. The highest BCUT2D eigenvalue weighted by Crippen LogP contribution is 2.42. The van der Waals surface area contributed by atoms with Crippen molar-refractivity contribution in [1.82, 2.24) is 4.90 Å². The summed E-state index contributed by atoms with van der Waals surface area (Å²) in [4.78, 5) is 2.17. The zero-order valence-electron chi connectivity index (χ0n) is 12.2. The van der Waals surface area contributed by atoms with Gasteiger partial charge in [0.15, 0.2) is 0 Å². The fourth-order valence-corrected chi connectivity index (χ4v) is 3.18. The molecule has 0 radical (unpaired) electrons. The van der Waals surface area contributed by atoms with E-state index < -0.39 is 5.60 Å². The Labute approximate surface area is 116 Å². The topological polar surface area (TPSA) is 32.7 Å². The van der Waals surface area contributed by atoms with Crippen molar-refractivity contribution < 1.29 is 9.84 Å². The zero-order valence-corrected chi connectivity index (χ0v) is 12.2. The van der Waals surface area contributed by atoms with Crippen molar-refractivity contribution in [2.45, 2.75) is 31.3 Å². The lowest BCUT2D eigenvalue weighted by Gasteiger charge is -2.41. The minimum Gasteiger partial charge on any atom is -0.497 e. The molecule has 0 heterocycles. The second kappa shape index (κ2) is 5.93. The Morgan fingerprint density at radius 3 is 2.84 bits per heavy atom. The molecule has 1 unspecified atom stereocenters. The van der Waals surface area contributed by atoms with Crippen LogP contribution >= 0.6 is 0 Å². The molecule has 1 N–H and O–H groups in total. The maximum atomic E-state index is 11.2. The Balaban J connectivity index is 2.30. The minimum atomic E-state index is -0.711. The van der Waals surface area contributed by atoms with Gasteiger partial charge >= 0.3 is 0 Å². The molecule has 0 bridgehead atoms. The second-order valence-electron chi connectivity index (χ2n) is 5.86. The molecular weight excluding hydrogens is 238 g/mol. The maximum Gasteiger partial charge on any atom is 0.119 e. The Morgan fingerprint density at radius 1 is 1.37 bits per heavy atom. The number of ether oxygens (including phenoxy) is 1. The van der Waals surface area contributed by atoms with Crippen molar-refractivity contribution in [3.8, 4) is 5.75 Å². The summed E-state index contributed by atoms with van der Waals surface area (Å²) in [5, 5.41) is 11.2. The van der Waals surface area contributed by atoms with Gasteiger partial charge in [0.05, 0.1) is 12.7 Å². The fourth-order valence-electron chi connectivity index (χ4n) is 3.18. The standard InChI is InChI=1S/C16H25NO2/c1-17(2)12-14-7-4-5-10-16(14,18)13-8-6-9-15(11-13)19-3/h6,8-9,11,14,18H,4-5,7,10,12H2,1-3H3/t14?,16-/m1/s1. The molecule has 0 aliphatic heterocycles. The van der Waals surface area contributed by atoms with Crippen LogP contribution in [0.3, 0.4) is 0 Å². The summed E-state index contributed by atoms with van der Waals surface area (Å²) in [6.45, 7) is 0.924. The van der Waals surface area contributed by atoms with Crippen LogP contribution in [0.1, 0.15) is 31.2 Å². The van der Waals surface area contributed by atoms with Crippen LogP contribution in [0.15, 0.2) is 24.3 Å². The van der Waals surface area contributed by atoms with Crippen LogP contribution < -0.4 is 4.74 Å². The Morgan fingerprint density at radius 2 is 2.16 bits per heavy atom. The summed E-state index contributed by atoms with van der Waals surface area (Å²) in [7, 11) is 5.81. The third-order valence-corrected chi connectivity index (χ3v) is 4.19. The minimum absolute atomic E-state index is 0.295. The molecule has 19 heavy (non-hydrogen) atoms.